The molecule has 0 amide bonds. The Kier molecular flexibility index (Phi) is 11.6. The highest BCUT2D eigenvalue weighted by atomic mass is 15.3. The maximum absolute atomic E-state index is 2.69. The molecule has 4 atom stereocenters. The van der Waals surface area contributed by atoms with Gasteiger partial charge in [-0.15, -0.1) is 0 Å². The molecule has 8 aromatic rings. The van der Waals surface area contributed by atoms with E-state index in [9.17, 15) is 0 Å². The molecule has 3 aliphatic rings. The van der Waals surface area contributed by atoms with Crippen molar-refractivity contribution in [1.29, 1.82) is 0 Å². The zero-order valence-corrected chi connectivity index (χ0v) is 36.7. The summed E-state index contributed by atoms with van der Waals surface area (Å²) in [6.07, 6.45) is 2.31. The van der Waals surface area contributed by atoms with Gasteiger partial charge in [-0.3, -0.25) is 19.6 Å². The zero-order valence-electron chi connectivity index (χ0n) is 36.7. The fraction of sp³-hybridized carbons (Fsp3) is 0.200. The van der Waals surface area contributed by atoms with Crippen LogP contribution in [0.2, 0.25) is 0 Å². The van der Waals surface area contributed by atoms with Crippen LogP contribution in [0.15, 0.2) is 194 Å². The van der Waals surface area contributed by atoms with Crippen molar-refractivity contribution >= 4 is 0 Å². The largest absolute Gasteiger partial charge is 0.286 e. The van der Waals surface area contributed by atoms with E-state index in [0.29, 0.717) is 0 Å². The third-order valence-corrected chi connectivity index (χ3v) is 13.5. The van der Waals surface area contributed by atoms with Crippen LogP contribution in [-0.2, 0) is 26.2 Å². The average molecular weight is 833 g/mol. The van der Waals surface area contributed by atoms with Gasteiger partial charge in [0.25, 0.3) is 0 Å². The van der Waals surface area contributed by atoms with Gasteiger partial charge in [-0.25, -0.2) is 0 Å². The second kappa shape index (κ2) is 18.4. The number of nitrogens with zero attached hydrogens (tertiary/aromatic N) is 4. The van der Waals surface area contributed by atoms with Gasteiger partial charge in [-0.2, -0.15) is 0 Å². The van der Waals surface area contributed by atoms with E-state index in [2.05, 4.69) is 214 Å². The molecule has 0 aliphatic carbocycles. The van der Waals surface area contributed by atoms with Gasteiger partial charge in [0.15, 0.2) is 0 Å². The molecular weight excluding hydrogens is 777 g/mol. The minimum Gasteiger partial charge on any atom is -0.286 e. The van der Waals surface area contributed by atoms with Crippen LogP contribution in [-0.4, -0.2) is 59.1 Å². The Labute approximate surface area is 379 Å². The normalized spacial score (nSPS) is 19.8. The topological polar surface area (TPSA) is 13.0 Å². The number of hydrogen-bond acceptors (Lipinski definition) is 4. The molecule has 316 valence electrons. The molecule has 4 unspecified atom stereocenters. The predicted octanol–water partition coefficient (Wildman–Crippen LogP) is 13.3. The fourth-order valence-corrected chi connectivity index (χ4v) is 10.8. The molecule has 8 aromatic carbocycles. The molecule has 8 bridgehead atoms. The average Bonchev–Trinajstić information content (AvgIpc) is 3.34. The van der Waals surface area contributed by atoms with Crippen molar-refractivity contribution in [3.05, 3.63) is 216 Å². The molecule has 3 aliphatic heterocycles. The van der Waals surface area contributed by atoms with Crippen LogP contribution in [0.5, 0.6) is 0 Å². The molecule has 3 heterocycles. The molecule has 0 aromatic heterocycles. The van der Waals surface area contributed by atoms with Crippen LogP contribution in [0.1, 0.15) is 35.1 Å². The summed E-state index contributed by atoms with van der Waals surface area (Å²) in [4.78, 5) is 10.7. The van der Waals surface area contributed by atoms with Gasteiger partial charge in [0, 0.05) is 52.4 Å². The first-order valence-corrected chi connectivity index (χ1v) is 23.3. The van der Waals surface area contributed by atoms with Crippen LogP contribution >= 0.6 is 0 Å². The minimum absolute atomic E-state index is 0.924. The highest BCUT2D eigenvalue weighted by Gasteiger charge is 2.25. The monoisotopic (exact) mass is 832 g/mol. The first kappa shape index (κ1) is 40.4. The molecule has 64 heavy (non-hydrogen) atoms. The molecule has 0 radical (unpaired) electrons. The summed E-state index contributed by atoms with van der Waals surface area (Å²) >= 11 is 0. The second-order valence-corrected chi connectivity index (χ2v) is 18.2. The van der Waals surface area contributed by atoms with Crippen molar-refractivity contribution in [2.45, 2.75) is 39.0 Å². The second-order valence-electron chi connectivity index (χ2n) is 18.2. The van der Waals surface area contributed by atoms with Crippen LogP contribution in [0.3, 0.4) is 0 Å². The minimum atomic E-state index is 0.924. The van der Waals surface area contributed by atoms with Crippen LogP contribution in [0.25, 0.3) is 66.8 Å². The fourth-order valence-electron chi connectivity index (χ4n) is 10.8. The number of benzene rings is 8. The smallest absolute Gasteiger partial charge is 0.0512 e. The maximum atomic E-state index is 2.69. The Morgan fingerprint density at radius 3 is 0.781 bits per heavy atom. The van der Waals surface area contributed by atoms with Gasteiger partial charge in [0.2, 0.25) is 0 Å². The molecule has 0 N–H and O–H groups in total. The number of rotatable bonds is 6. The van der Waals surface area contributed by atoms with Gasteiger partial charge in [-0.1, -0.05) is 170 Å². The zero-order chi connectivity index (χ0) is 42.7. The Bertz CT molecular complexity index is 2480. The Morgan fingerprint density at radius 2 is 0.516 bits per heavy atom. The van der Waals surface area contributed by atoms with Gasteiger partial charge < -0.3 is 0 Å². The lowest BCUT2D eigenvalue weighted by atomic mass is 9.86. The van der Waals surface area contributed by atoms with Gasteiger partial charge in [0.05, 0.1) is 13.3 Å². The summed E-state index contributed by atoms with van der Waals surface area (Å²) in [7, 11) is 0. The molecule has 2 fully saturated rings. The van der Waals surface area contributed by atoms with E-state index in [1.165, 1.54) is 89.0 Å². The molecule has 4 nitrogen and oxygen atoms in total. The maximum Gasteiger partial charge on any atom is 0.0512 e. The van der Waals surface area contributed by atoms with E-state index in [-0.39, 0.29) is 0 Å². The van der Waals surface area contributed by atoms with E-state index in [4.69, 9.17) is 0 Å². The third-order valence-electron chi connectivity index (χ3n) is 13.5. The lowest BCUT2D eigenvalue weighted by Crippen LogP contribution is -2.44. The Balaban J connectivity index is 1.00. The highest BCUT2D eigenvalue weighted by Crippen LogP contribution is 2.43. The Hall–Kier alpha value is -6.40. The van der Waals surface area contributed by atoms with E-state index in [0.717, 1.165) is 78.5 Å². The standard InChI is InChI=1S/C60H56N4/c1-5-17-49(18-6-1)55-25-13-26-56(50-19-7-2-8-20-50)59(55)53-35-45-33-46(36-53)40-62-30-16-32-64(44-62)42-48-34-47(41-63-31-15-29-61(39-45)43-63)37-54(38-48)60-57(51-21-9-3-10-22-51)27-14-28-58(60)52-23-11-4-12-24-52/h1-14,17-28,33-38H,15-16,29-32,39-44H2. The van der Waals surface area contributed by atoms with E-state index < -0.39 is 0 Å². The van der Waals surface area contributed by atoms with Crippen molar-refractivity contribution in [1.82, 2.24) is 19.6 Å². The molecule has 4 heteroatoms. The van der Waals surface area contributed by atoms with E-state index >= 15 is 0 Å². The van der Waals surface area contributed by atoms with E-state index in [1.807, 2.05) is 0 Å². The summed E-state index contributed by atoms with van der Waals surface area (Å²) < 4.78 is 0. The number of hydrogen-bond donors (Lipinski definition) is 0. The molecule has 2 saturated heterocycles. The van der Waals surface area contributed by atoms with Crippen molar-refractivity contribution in [3.63, 3.8) is 0 Å². The van der Waals surface area contributed by atoms with Gasteiger partial charge >= 0.3 is 0 Å². The number of fused-ring (bicyclic) bond motifs is 8. The molecule has 0 spiro atoms. The first-order chi connectivity index (χ1) is 31.7. The molecular formula is C60H56N4. The quantitative estimate of drug-likeness (QED) is 0.165. The lowest BCUT2D eigenvalue weighted by Gasteiger charge is -2.37. The van der Waals surface area contributed by atoms with Crippen molar-refractivity contribution in [2.75, 3.05) is 39.5 Å². The predicted molar refractivity (Wildman–Crippen MR) is 266 cm³/mol. The molecule has 11 rings (SSSR count). The van der Waals surface area contributed by atoms with Crippen LogP contribution in [0, 0.1) is 0 Å². The van der Waals surface area contributed by atoms with Crippen LogP contribution in [0.4, 0.5) is 0 Å². The van der Waals surface area contributed by atoms with Gasteiger partial charge in [0.1, 0.15) is 0 Å². The van der Waals surface area contributed by atoms with Crippen molar-refractivity contribution in [2.24, 2.45) is 0 Å². The lowest BCUT2D eigenvalue weighted by molar-refractivity contribution is 0.0717. The summed E-state index contributed by atoms with van der Waals surface area (Å²) in [5.41, 5.74) is 21.0. The highest BCUT2D eigenvalue weighted by molar-refractivity contribution is 5.96. The van der Waals surface area contributed by atoms with E-state index in [1.54, 1.807) is 0 Å². The summed E-state index contributed by atoms with van der Waals surface area (Å²) in [5.74, 6) is 0. The summed E-state index contributed by atoms with van der Waals surface area (Å²) in [6.45, 7) is 9.99. The van der Waals surface area contributed by atoms with Crippen LogP contribution < -0.4 is 0 Å². The van der Waals surface area contributed by atoms with Gasteiger partial charge in [-0.05, 0) is 126 Å². The summed E-state index contributed by atoms with van der Waals surface area (Å²) in [5, 5.41) is 0. The summed E-state index contributed by atoms with van der Waals surface area (Å²) in [6, 6.07) is 72.7. The molecule has 0 saturated carbocycles. The third kappa shape index (κ3) is 8.75. The SMILES string of the molecule is c1ccc(-c2cccc(-c3ccccc3)c2-c2cc3cc(c2)CN2CCCN(Cc4cc(cc(-c5c(-c6ccccc6)cccc5-c5ccccc5)c4)CN4CCCN(C3)C4)C2)cc1. The first-order valence-electron chi connectivity index (χ1n) is 23.3. The van der Waals surface area contributed by atoms with Crippen molar-refractivity contribution in [3.8, 4) is 66.8 Å². The van der Waals surface area contributed by atoms with Crippen molar-refractivity contribution < 1.29 is 0 Å². The Morgan fingerprint density at radius 1 is 0.250 bits per heavy atom.